The summed E-state index contributed by atoms with van der Waals surface area (Å²) >= 11 is 1.39. The number of nitrogens with zero attached hydrogens (tertiary/aromatic N) is 1. The molecule has 0 bridgehead atoms. The minimum absolute atomic E-state index is 0.0829. The van der Waals surface area contributed by atoms with Crippen LogP contribution in [0.25, 0.3) is 0 Å². The van der Waals surface area contributed by atoms with Crippen molar-refractivity contribution in [2.24, 2.45) is 11.7 Å². The third kappa shape index (κ3) is 4.46. The number of carbonyl (C=O) groups excluding carboxylic acids is 3. The molecule has 2 aliphatic rings. The number of halogens is 2. The fourth-order valence-electron chi connectivity index (χ4n) is 4.36. The standard InChI is InChI=1S/C22H23F2N3O3S/c23-14-8-13(9-15(24)10-14)22(30)27-7-3-4-12(11-27)20(29)26-21-18(19(25)28)16-5-1-2-6-17(16)31-21/h8-10,12H,1-7,11H2,(H2,25,28)(H,26,29). The summed E-state index contributed by atoms with van der Waals surface area (Å²) in [5.41, 5.74) is 6.84. The van der Waals surface area contributed by atoms with Crippen molar-refractivity contribution in [3.63, 3.8) is 0 Å². The topological polar surface area (TPSA) is 92.5 Å². The third-order valence-corrected chi connectivity index (χ3v) is 7.05. The Balaban J connectivity index is 1.49. The minimum atomic E-state index is -0.824. The van der Waals surface area contributed by atoms with Crippen molar-refractivity contribution in [1.82, 2.24) is 4.90 Å². The van der Waals surface area contributed by atoms with Crippen molar-refractivity contribution in [3.05, 3.63) is 51.4 Å². The summed E-state index contributed by atoms with van der Waals surface area (Å²) in [6, 6.07) is 2.69. The van der Waals surface area contributed by atoms with Gasteiger partial charge in [-0.3, -0.25) is 14.4 Å². The molecule has 1 unspecified atom stereocenters. The molecule has 1 fully saturated rings. The first kappa shape index (κ1) is 21.4. The number of thiophene rings is 1. The Morgan fingerprint density at radius 3 is 2.48 bits per heavy atom. The Morgan fingerprint density at radius 1 is 1.06 bits per heavy atom. The number of hydrogen-bond acceptors (Lipinski definition) is 4. The van der Waals surface area contributed by atoms with E-state index in [9.17, 15) is 23.2 Å². The van der Waals surface area contributed by atoms with Gasteiger partial charge in [0.1, 0.15) is 16.6 Å². The molecule has 0 spiro atoms. The summed E-state index contributed by atoms with van der Waals surface area (Å²) < 4.78 is 27.0. The number of aryl methyl sites for hydroxylation is 1. The molecule has 6 nitrogen and oxygen atoms in total. The lowest BCUT2D eigenvalue weighted by molar-refractivity contribution is -0.121. The average Bonchev–Trinajstić information content (AvgIpc) is 3.10. The maximum absolute atomic E-state index is 13.5. The van der Waals surface area contributed by atoms with Crippen LogP contribution in [0.2, 0.25) is 0 Å². The Hall–Kier alpha value is -2.81. The predicted molar refractivity (Wildman–Crippen MR) is 113 cm³/mol. The Bertz CT molecular complexity index is 1030. The van der Waals surface area contributed by atoms with Crippen LogP contribution in [0.15, 0.2) is 18.2 Å². The van der Waals surface area contributed by atoms with Crippen molar-refractivity contribution in [1.29, 1.82) is 0 Å². The van der Waals surface area contributed by atoms with E-state index in [0.29, 0.717) is 36.0 Å². The van der Waals surface area contributed by atoms with Crippen molar-refractivity contribution in [3.8, 4) is 0 Å². The molecule has 3 amide bonds. The Morgan fingerprint density at radius 2 is 1.77 bits per heavy atom. The van der Waals surface area contributed by atoms with Crippen LogP contribution in [-0.2, 0) is 17.6 Å². The predicted octanol–water partition coefficient (Wildman–Crippen LogP) is 3.49. The van der Waals surface area contributed by atoms with Gasteiger partial charge in [-0.15, -0.1) is 11.3 Å². The van der Waals surface area contributed by atoms with Gasteiger partial charge in [0, 0.05) is 29.6 Å². The highest BCUT2D eigenvalue weighted by molar-refractivity contribution is 7.17. The van der Waals surface area contributed by atoms with Crippen LogP contribution in [0.4, 0.5) is 13.8 Å². The number of piperidine rings is 1. The summed E-state index contributed by atoms with van der Waals surface area (Å²) in [6.07, 6.45) is 4.83. The molecule has 2 heterocycles. The number of rotatable bonds is 4. The molecule has 1 aromatic heterocycles. The van der Waals surface area contributed by atoms with E-state index in [1.807, 2.05) is 0 Å². The molecular weight excluding hydrogens is 424 g/mol. The molecule has 31 heavy (non-hydrogen) atoms. The Kier molecular flexibility index (Phi) is 6.04. The van der Waals surface area contributed by atoms with E-state index in [2.05, 4.69) is 5.32 Å². The zero-order valence-electron chi connectivity index (χ0n) is 16.9. The van der Waals surface area contributed by atoms with Gasteiger partial charge in [0.15, 0.2) is 0 Å². The lowest BCUT2D eigenvalue weighted by Crippen LogP contribution is -2.43. The quantitative estimate of drug-likeness (QED) is 0.751. The zero-order valence-corrected chi connectivity index (χ0v) is 17.7. The van der Waals surface area contributed by atoms with Gasteiger partial charge in [0.05, 0.1) is 11.5 Å². The van der Waals surface area contributed by atoms with Crippen LogP contribution in [0.5, 0.6) is 0 Å². The molecule has 0 radical (unpaired) electrons. The summed E-state index contributed by atoms with van der Waals surface area (Å²) in [6.45, 7) is 0.542. The molecule has 1 aliphatic heterocycles. The van der Waals surface area contributed by atoms with Crippen LogP contribution in [-0.4, -0.2) is 35.7 Å². The van der Waals surface area contributed by atoms with Gasteiger partial charge < -0.3 is 16.0 Å². The average molecular weight is 448 g/mol. The maximum Gasteiger partial charge on any atom is 0.254 e. The second-order valence-electron chi connectivity index (χ2n) is 8.02. The molecule has 1 saturated heterocycles. The van der Waals surface area contributed by atoms with Gasteiger partial charge in [-0.05, 0) is 56.2 Å². The first-order valence-electron chi connectivity index (χ1n) is 10.3. The van der Waals surface area contributed by atoms with Crippen LogP contribution in [0.3, 0.4) is 0 Å². The first-order chi connectivity index (χ1) is 14.8. The van der Waals surface area contributed by atoms with E-state index < -0.39 is 29.4 Å². The van der Waals surface area contributed by atoms with Crippen molar-refractivity contribution >= 4 is 34.1 Å². The number of nitrogens with two attached hydrogens (primary N) is 1. The van der Waals surface area contributed by atoms with Crippen molar-refractivity contribution in [2.45, 2.75) is 38.5 Å². The summed E-state index contributed by atoms with van der Waals surface area (Å²) in [4.78, 5) is 40.2. The number of carbonyl (C=O) groups is 3. The highest BCUT2D eigenvalue weighted by atomic mass is 32.1. The van der Waals surface area contributed by atoms with E-state index >= 15 is 0 Å². The Labute approximate surface area is 182 Å². The van der Waals surface area contributed by atoms with Gasteiger partial charge in [-0.2, -0.15) is 0 Å². The summed E-state index contributed by atoms with van der Waals surface area (Å²) in [5.74, 6) is -3.49. The monoisotopic (exact) mass is 447 g/mol. The molecule has 9 heteroatoms. The van der Waals surface area contributed by atoms with E-state index in [-0.39, 0.29) is 18.0 Å². The molecule has 1 aromatic carbocycles. The molecule has 4 rings (SSSR count). The van der Waals surface area contributed by atoms with Gasteiger partial charge in [0.25, 0.3) is 11.8 Å². The van der Waals surface area contributed by atoms with E-state index in [0.717, 1.165) is 48.3 Å². The number of nitrogens with one attached hydrogen (secondary N) is 1. The lowest BCUT2D eigenvalue weighted by atomic mass is 9.94. The van der Waals surface area contributed by atoms with Gasteiger partial charge >= 0.3 is 0 Å². The summed E-state index contributed by atoms with van der Waals surface area (Å²) in [7, 11) is 0. The molecule has 3 N–H and O–H groups in total. The van der Waals surface area contributed by atoms with Crippen LogP contribution in [0.1, 0.15) is 56.8 Å². The zero-order chi connectivity index (χ0) is 22.1. The van der Waals surface area contributed by atoms with E-state index in [1.54, 1.807) is 0 Å². The fourth-order valence-corrected chi connectivity index (χ4v) is 5.66. The lowest BCUT2D eigenvalue weighted by Gasteiger charge is -2.32. The molecule has 1 atom stereocenters. The second kappa shape index (κ2) is 8.74. The first-order valence-corrected chi connectivity index (χ1v) is 11.2. The molecule has 1 aliphatic carbocycles. The molecular formula is C22H23F2N3O3S. The van der Waals surface area contributed by atoms with Crippen molar-refractivity contribution < 1.29 is 23.2 Å². The molecule has 164 valence electrons. The number of amides is 3. The number of likely N-dealkylation sites (tertiary alicyclic amines) is 1. The van der Waals surface area contributed by atoms with Gasteiger partial charge in [0.2, 0.25) is 5.91 Å². The fraction of sp³-hybridized carbons (Fsp3) is 0.409. The second-order valence-corrected chi connectivity index (χ2v) is 9.12. The largest absolute Gasteiger partial charge is 0.365 e. The third-order valence-electron chi connectivity index (χ3n) is 5.84. The minimum Gasteiger partial charge on any atom is -0.365 e. The normalized spacial score (nSPS) is 18.4. The highest BCUT2D eigenvalue weighted by Gasteiger charge is 2.31. The van der Waals surface area contributed by atoms with Gasteiger partial charge in [-0.25, -0.2) is 8.78 Å². The number of benzene rings is 1. The summed E-state index contributed by atoms with van der Waals surface area (Å²) in [5, 5.41) is 3.33. The van der Waals surface area contributed by atoms with Crippen molar-refractivity contribution in [2.75, 3.05) is 18.4 Å². The molecule has 0 saturated carbocycles. The number of hydrogen-bond donors (Lipinski definition) is 2. The number of anilines is 1. The maximum atomic E-state index is 13.5. The molecule has 2 aromatic rings. The van der Waals surface area contributed by atoms with Crippen LogP contribution >= 0.6 is 11.3 Å². The number of fused-ring (bicyclic) bond motifs is 1. The highest BCUT2D eigenvalue weighted by Crippen LogP contribution is 2.38. The SMILES string of the molecule is NC(=O)c1c(NC(=O)C2CCCN(C(=O)c3cc(F)cc(F)c3)C2)sc2c1CCCC2. The van der Waals surface area contributed by atoms with E-state index in [1.165, 1.54) is 16.2 Å². The van der Waals surface area contributed by atoms with Crippen LogP contribution < -0.4 is 11.1 Å². The van der Waals surface area contributed by atoms with Crippen LogP contribution in [0, 0.1) is 17.6 Å². The van der Waals surface area contributed by atoms with E-state index in [4.69, 9.17) is 5.73 Å². The van der Waals surface area contributed by atoms with Gasteiger partial charge in [-0.1, -0.05) is 0 Å². The number of primary amides is 1. The smallest absolute Gasteiger partial charge is 0.254 e.